The molecule has 0 spiro atoms. The summed E-state index contributed by atoms with van der Waals surface area (Å²) in [7, 11) is 0. The zero-order valence-corrected chi connectivity index (χ0v) is 14.4. The first kappa shape index (κ1) is 17.8. The van der Waals surface area contributed by atoms with Crippen LogP contribution >= 0.6 is 0 Å². The summed E-state index contributed by atoms with van der Waals surface area (Å²) < 4.78 is 5.93. The number of carbonyl (C=O) groups excluding carboxylic acids is 1. The molecule has 1 atom stereocenters. The van der Waals surface area contributed by atoms with Crippen LogP contribution < -0.4 is 4.74 Å². The molecular weight excluding hydrogens is 292 g/mol. The van der Waals surface area contributed by atoms with Crippen LogP contribution in [0.25, 0.3) is 0 Å². The minimum absolute atomic E-state index is 0.164. The Morgan fingerprint density at radius 1 is 1.22 bits per heavy atom. The minimum atomic E-state index is -0.896. The van der Waals surface area contributed by atoms with Crippen LogP contribution in [0.5, 0.6) is 5.75 Å². The maximum absolute atomic E-state index is 11.7. The van der Waals surface area contributed by atoms with Gasteiger partial charge in [-0.15, -0.1) is 0 Å². The Bertz CT molecular complexity index is 503. The van der Waals surface area contributed by atoms with Gasteiger partial charge in [0.05, 0.1) is 6.61 Å². The zero-order valence-electron chi connectivity index (χ0n) is 14.4. The van der Waals surface area contributed by atoms with Crippen LogP contribution in [-0.4, -0.2) is 66.2 Å². The van der Waals surface area contributed by atoms with E-state index in [1.807, 2.05) is 6.07 Å². The molecule has 1 saturated heterocycles. The van der Waals surface area contributed by atoms with Gasteiger partial charge in [-0.25, -0.2) is 0 Å². The lowest BCUT2D eigenvalue weighted by Gasteiger charge is -2.35. The Morgan fingerprint density at radius 3 is 2.39 bits per heavy atom. The van der Waals surface area contributed by atoms with E-state index in [4.69, 9.17) is 4.74 Å². The fourth-order valence-corrected chi connectivity index (χ4v) is 2.95. The number of hydrogen-bond acceptors (Lipinski definition) is 4. The molecule has 128 valence electrons. The van der Waals surface area contributed by atoms with E-state index in [1.54, 1.807) is 4.90 Å². The number of para-hydroxylation sites is 1. The number of amides is 1. The lowest BCUT2D eigenvalue weighted by Crippen LogP contribution is -2.51. The summed E-state index contributed by atoms with van der Waals surface area (Å²) in [6.07, 6.45) is 0.0743. The van der Waals surface area contributed by atoms with Gasteiger partial charge < -0.3 is 14.7 Å². The number of rotatable bonds is 6. The molecule has 1 N–H and O–H groups in total. The van der Waals surface area contributed by atoms with Crippen LogP contribution in [0.4, 0.5) is 0 Å². The number of piperazine rings is 1. The fourth-order valence-electron chi connectivity index (χ4n) is 2.95. The molecule has 23 heavy (non-hydrogen) atoms. The summed E-state index contributed by atoms with van der Waals surface area (Å²) in [4.78, 5) is 15.8. The lowest BCUT2D eigenvalue weighted by molar-refractivity contribution is -0.141. The quantitative estimate of drug-likeness (QED) is 0.809. The van der Waals surface area contributed by atoms with E-state index < -0.39 is 6.10 Å². The average molecular weight is 320 g/mol. The van der Waals surface area contributed by atoms with Gasteiger partial charge in [0, 0.05) is 32.7 Å². The normalized spacial score (nSPS) is 17.1. The fraction of sp³-hybridized carbons (Fsp3) is 0.611. The molecule has 1 heterocycles. The maximum Gasteiger partial charge on any atom is 0.251 e. The van der Waals surface area contributed by atoms with Gasteiger partial charge in [0.15, 0.2) is 0 Å². The van der Waals surface area contributed by atoms with E-state index in [2.05, 4.69) is 30.9 Å². The Morgan fingerprint density at radius 2 is 1.83 bits per heavy atom. The molecule has 0 aliphatic carbocycles. The molecule has 1 unspecified atom stereocenters. The number of aryl methyl sites for hydroxylation is 2. The van der Waals surface area contributed by atoms with E-state index in [-0.39, 0.29) is 5.91 Å². The van der Waals surface area contributed by atoms with Crippen molar-refractivity contribution in [2.24, 2.45) is 0 Å². The number of hydrogen-bond donors (Lipinski definition) is 1. The highest BCUT2D eigenvalue weighted by Gasteiger charge is 2.23. The van der Waals surface area contributed by atoms with Crippen LogP contribution in [0.2, 0.25) is 0 Å². The molecule has 0 radical (unpaired) electrons. The number of aliphatic hydroxyl groups is 1. The first-order chi connectivity index (χ1) is 11.0. The summed E-state index contributed by atoms with van der Waals surface area (Å²) in [5.74, 6) is 0.836. The van der Waals surface area contributed by atoms with Crippen LogP contribution in [0.3, 0.4) is 0 Å². The second kappa shape index (κ2) is 8.31. The topological polar surface area (TPSA) is 53.0 Å². The molecule has 1 amide bonds. The maximum atomic E-state index is 11.7. The molecular formula is C18H28N2O3. The largest absolute Gasteiger partial charge is 0.493 e. The highest BCUT2D eigenvalue weighted by Crippen LogP contribution is 2.22. The van der Waals surface area contributed by atoms with E-state index in [9.17, 15) is 9.90 Å². The summed E-state index contributed by atoms with van der Waals surface area (Å²) in [6, 6.07) is 6.19. The van der Waals surface area contributed by atoms with Crippen molar-refractivity contribution in [1.82, 2.24) is 9.80 Å². The summed E-state index contributed by atoms with van der Waals surface area (Å²) in [6.45, 7) is 10.5. The Hall–Kier alpha value is -1.59. The van der Waals surface area contributed by atoms with Gasteiger partial charge in [0.1, 0.15) is 11.9 Å². The molecule has 1 fully saturated rings. The van der Waals surface area contributed by atoms with Gasteiger partial charge in [-0.05, 0) is 38.3 Å². The van der Waals surface area contributed by atoms with Gasteiger partial charge in [-0.3, -0.25) is 9.69 Å². The lowest BCUT2D eigenvalue weighted by atomic mass is 10.1. The molecule has 0 aromatic heterocycles. The monoisotopic (exact) mass is 320 g/mol. The van der Waals surface area contributed by atoms with Crippen molar-refractivity contribution in [3.8, 4) is 5.75 Å². The third-order valence-corrected chi connectivity index (χ3v) is 4.32. The van der Waals surface area contributed by atoms with E-state index in [0.29, 0.717) is 19.7 Å². The Kier molecular flexibility index (Phi) is 6.42. The molecule has 5 nitrogen and oxygen atoms in total. The molecule has 0 bridgehead atoms. The van der Waals surface area contributed by atoms with E-state index >= 15 is 0 Å². The van der Waals surface area contributed by atoms with Crippen LogP contribution in [0, 0.1) is 13.8 Å². The van der Waals surface area contributed by atoms with Crippen molar-refractivity contribution < 1.29 is 14.6 Å². The summed E-state index contributed by atoms with van der Waals surface area (Å²) in [5, 5.41) is 9.34. The van der Waals surface area contributed by atoms with Gasteiger partial charge in [0.25, 0.3) is 5.91 Å². The minimum Gasteiger partial charge on any atom is -0.493 e. The standard InChI is InChI=1S/C18H28N2O3/c1-14-6-4-7-15(2)17(14)23-13-5-8-19-9-11-20(12-10-19)18(22)16(3)21/h4,6-7,16,21H,5,8-13H2,1-3H3. The molecule has 1 aromatic rings. The smallest absolute Gasteiger partial charge is 0.251 e. The highest BCUT2D eigenvalue weighted by atomic mass is 16.5. The van der Waals surface area contributed by atoms with Crippen molar-refractivity contribution >= 4 is 5.91 Å². The molecule has 1 aromatic carbocycles. The predicted molar refractivity (Wildman–Crippen MR) is 90.7 cm³/mol. The van der Waals surface area contributed by atoms with Gasteiger partial charge in [-0.2, -0.15) is 0 Å². The predicted octanol–water partition coefficient (Wildman–Crippen LogP) is 1.60. The number of ether oxygens (including phenoxy) is 1. The SMILES string of the molecule is Cc1cccc(C)c1OCCCN1CCN(C(=O)C(C)O)CC1. The van der Waals surface area contributed by atoms with E-state index in [0.717, 1.165) is 31.8 Å². The van der Waals surface area contributed by atoms with Crippen molar-refractivity contribution in [2.45, 2.75) is 33.3 Å². The first-order valence-electron chi connectivity index (χ1n) is 8.37. The number of aliphatic hydroxyl groups excluding tert-OH is 1. The molecule has 1 aliphatic rings. The van der Waals surface area contributed by atoms with Gasteiger partial charge >= 0.3 is 0 Å². The van der Waals surface area contributed by atoms with Gasteiger partial charge in [0.2, 0.25) is 0 Å². The van der Waals surface area contributed by atoms with Crippen molar-refractivity contribution in [3.05, 3.63) is 29.3 Å². The summed E-state index contributed by atoms with van der Waals surface area (Å²) >= 11 is 0. The van der Waals surface area contributed by atoms with Crippen molar-refractivity contribution in [1.29, 1.82) is 0 Å². The molecule has 2 rings (SSSR count). The van der Waals surface area contributed by atoms with Crippen LogP contribution in [0.15, 0.2) is 18.2 Å². The van der Waals surface area contributed by atoms with Gasteiger partial charge in [-0.1, -0.05) is 18.2 Å². The highest BCUT2D eigenvalue weighted by molar-refractivity contribution is 5.80. The first-order valence-corrected chi connectivity index (χ1v) is 8.37. The molecule has 0 saturated carbocycles. The number of nitrogens with zero attached hydrogens (tertiary/aromatic N) is 2. The van der Waals surface area contributed by atoms with Crippen LogP contribution in [0.1, 0.15) is 24.5 Å². The summed E-state index contributed by atoms with van der Waals surface area (Å²) in [5.41, 5.74) is 2.35. The second-order valence-electron chi connectivity index (χ2n) is 6.27. The third-order valence-electron chi connectivity index (χ3n) is 4.32. The number of carbonyl (C=O) groups is 1. The second-order valence-corrected chi connectivity index (χ2v) is 6.27. The third kappa shape index (κ3) is 4.94. The average Bonchev–Trinajstić information content (AvgIpc) is 2.53. The molecule has 5 heteroatoms. The van der Waals surface area contributed by atoms with Crippen molar-refractivity contribution in [3.63, 3.8) is 0 Å². The zero-order chi connectivity index (χ0) is 16.8. The van der Waals surface area contributed by atoms with Crippen molar-refractivity contribution in [2.75, 3.05) is 39.3 Å². The Balaban J connectivity index is 1.67. The molecule has 1 aliphatic heterocycles. The Labute approximate surface area is 138 Å². The van der Waals surface area contributed by atoms with E-state index in [1.165, 1.54) is 18.1 Å². The number of benzene rings is 1. The van der Waals surface area contributed by atoms with Crippen LogP contribution in [-0.2, 0) is 4.79 Å².